The Morgan fingerprint density at radius 2 is 1.96 bits per heavy atom. The van der Waals surface area contributed by atoms with Gasteiger partial charge in [0.05, 0.1) is 22.5 Å². The van der Waals surface area contributed by atoms with E-state index in [2.05, 4.69) is 32.6 Å². The van der Waals surface area contributed by atoms with E-state index >= 15 is 0 Å². The third kappa shape index (κ3) is 6.19. The van der Waals surface area contributed by atoms with Crippen molar-refractivity contribution in [3.63, 3.8) is 0 Å². The van der Waals surface area contributed by atoms with Crippen molar-refractivity contribution in [2.45, 2.75) is 18.6 Å². The molecule has 0 unspecified atom stereocenters. The van der Waals surface area contributed by atoms with Crippen LogP contribution in [-0.2, 0) is 9.53 Å². The number of terminal acetylenes is 1. The van der Waals surface area contributed by atoms with Crippen LogP contribution in [0.1, 0.15) is 6.42 Å². The monoisotopic (exact) mass is 654 g/mol. The highest BCUT2D eigenvalue weighted by atomic mass is 35.5. The number of carbonyl (C=O) groups is 1. The molecule has 12 nitrogen and oxygen atoms in total. The van der Waals surface area contributed by atoms with Gasteiger partial charge in [-0.05, 0) is 12.1 Å². The number of nitrogens with zero attached hydrogens (tertiary/aromatic N) is 7. The summed E-state index contributed by atoms with van der Waals surface area (Å²) in [5.74, 6) is 2.28. The Bertz CT molecular complexity index is 1810. The number of ether oxygens (including phenoxy) is 3. The molecular formula is C30H29Cl2FN8O4. The molecule has 2 aliphatic rings. The highest BCUT2D eigenvalue weighted by molar-refractivity contribution is 6.33. The van der Waals surface area contributed by atoms with E-state index in [1.54, 1.807) is 18.1 Å². The van der Waals surface area contributed by atoms with Crippen LogP contribution in [0.4, 0.5) is 10.2 Å². The van der Waals surface area contributed by atoms with E-state index in [0.717, 1.165) is 0 Å². The number of halogens is 3. The highest BCUT2D eigenvalue weighted by Crippen LogP contribution is 2.41. The number of piperazine rings is 1. The molecule has 1 amide bonds. The van der Waals surface area contributed by atoms with E-state index in [-0.39, 0.29) is 45.3 Å². The van der Waals surface area contributed by atoms with Gasteiger partial charge in [0.15, 0.2) is 5.75 Å². The first-order valence-electron chi connectivity index (χ1n) is 14.2. The van der Waals surface area contributed by atoms with Crippen LogP contribution in [0.2, 0.25) is 10.2 Å². The largest absolute Gasteiger partial charge is 0.456 e. The number of hydrogen-bond donors (Lipinski definition) is 1. The standard InChI is InChI=1S/C30H29Cl2FN8O4/c1-4-6-7-39-15-21(43-3)22(16-39)44-30-36-26-17(28(37-30)41-10-8-40(9-11-41)24(42)5-2)12-23(31)35-29(26)45-27-18-14-34-38-20(18)13-19(33)25(27)32/h1,5,12-14,21-22H,2,6-11,15-16H2,3H3,(H,34,38)/t21-,22-/m1/s1. The van der Waals surface area contributed by atoms with Crippen LogP contribution >= 0.6 is 23.2 Å². The Kier molecular flexibility index (Phi) is 8.91. The van der Waals surface area contributed by atoms with Crippen molar-refractivity contribution in [3.8, 4) is 30.0 Å². The maximum atomic E-state index is 14.8. The number of methoxy groups -OCH3 is 1. The number of aromatic amines is 1. The van der Waals surface area contributed by atoms with E-state index in [1.165, 1.54) is 18.3 Å². The quantitative estimate of drug-likeness (QED) is 0.161. The fourth-order valence-electron chi connectivity index (χ4n) is 5.57. The van der Waals surface area contributed by atoms with E-state index in [4.69, 9.17) is 53.8 Å². The zero-order valence-corrected chi connectivity index (χ0v) is 25.8. The van der Waals surface area contributed by atoms with Crippen molar-refractivity contribution in [2.75, 3.05) is 57.8 Å². The van der Waals surface area contributed by atoms with E-state index in [0.29, 0.717) is 74.3 Å². The Hall–Kier alpha value is -4.22. The van der Waals surface area contributed by atoms with Gasteiger partial charge in [-0.1, -0.05) is 29.8 Å². The Labute approximate surface area is 268 Å². The van der Waals surface area contributed by atoms with Crippen LogP contribution in [-0.4, -0.2) is 106 Å². The number of pyridine rings is 1. The first-order chi connectivity index (χ1) is 21.8. The molecule has 2 saturated heterocycles. The number of rotatable bonds is 9. The SMILES string of the molecule is C#CCCN1C[C@@H](OC)[C@H](Oc2nc(N3CCN(C(=O)C=C)CC3)c3cc(Cl)nc(Oc4c(Cl)c(F)cc5[nH]ncc45)c3n2)C1. The average molecular weight is 656 g/mol. The molecule has 0 radical (unpaired) electrons. The minimum absolute atomic E-state index is 0.00457. The Balaban J connectivity index is 1.43. The van der Waals surface area contributed by atoms with Gasteiger partial charge in [-0.3, -0.25) is 14.8 Å². The number of amides is 1. The summed E-state index contributed by atoms with van der Waals surface area (Å²) in [4.78, 5) is 32.0. The molecule has 0 saturated carbocycles. The van der Waals surface area contributed by atoms with Crippen LogP contribution < -0.4 is 14.4 Å². The zero-order chi connectivity index (χ0) is 31.7. The normalized spacial score (nSPS) is 18.8. The first-order valence-corrected chi connectivity index (χ1v) is 14.9. The summed E-state index contributed by atoms with van der Waals surface area (Å²) < 4.78 is 33.0. The third-order valence-electron chi connectivity index (χ3n) is 7.86. The number of hydrogen-bond acceptors (Lipinski definition) is 10. The zero-order valence-electron chi connectivity index (χ0n) is 24.3. The molecule has 2 atom stereocenters. The van der Waals surface area contributed by atoms with Crippen molar-refractivity contribution in [1.82, 2.24) is 34.9 Å². The van der Waals surface area contributed by atoms with Crippen molar-refractivity contribution >= 4 is 56.7 Å². The Morgan fingerprint density at radius 1 is 1.18 bits per heavy atom. The summed E-state index contributed by atoms with van der Waals surface area (Å²) in [7, 11) is 1.62. The molecule has 5 heterocycles. The number of carbonyl (C=O) groups excluding carboxylic acids is 1. The number of benzene rings is 1. The lowest BCUT2D eigenvalue weighted by Gasteiger charge is -2.35. The molecule has 0 aliphatic carbocycles. The third-order valence-corrected chi connectivity index (χ3v) is 8.41. The topological polar surface area (TPSA) is 122 Å². The molecule has 4 aromatic rings. The number of nitrogens with one attached hydrogen (secondary N) is 1. The van der Waals surface area contributed by atoms with Gasteiger partial charge in [-0.15, -0.1) is 12.3 Å². The fourth-order valence-corrected chi connectivity index (χ4v) is 5.95. The van der Waals surface area contributed by atoms with Gasteiger partial charge in [0.25, 0.3) is 0 Å². The summed E-state index contributed by atoms with van der Waals surface area (Å²) in [5, 5.41) is 7.49. The first kappa shape index (κ1) is 30.8. The van der Waals surface area contributed by atoms with Crippen molar-refractivity contribution in [2.24, 2.45) is 0 Å². The number of anilines is 1. The number of fused-ring (bicyclic) bond motifs is 2. The average Bonchev–Trinajstić information content (AvgIpc) is 3.68. The summed E-state index contributed by atoms with van der Waals surface area (Å²) >= 11 is 12.9. The second-order valence-electron chi connectivity index (χ2n) is 10.6. The highest BCUT2D eigenvalue weighted by Gasteiger charge is 2.35. The maximum absolute atomic E-state index is 14.8. The van der Waals surface area contributed by atoms with Crippen molar-refractivity contribution in [1.29, 1.82) is 0 Å². The smallest absolute Gasteiger partial charge is 0.319 e. The number of H-pyrrole nitrogens is 1. The predicted octanol–water partition coefficient (Wildman–Crippen LogP) is 4.08. The van der Waals surface area contributed by atoms with Crippen LogP contribution in [0.5, 0.6) is 17.6 Å². The fraction of sp³-hybridized carbons (Fsp3) is 0.367. The summed E-state index contributed by atoms with van der Waals surface area (Å²) in [5.41, 5.74) is 0.642. The van der Waals surface area contributed by atoms with Crippen LogP contribution in [0.25, 0.3) is 21.8 Å². The summed E-state index contributed by atoms with van der Waals surface area (Å²) in [6.45, 7) is 7.31. The Morgan fingerprint density at radius 3 is 2.69 bits per heavy atom. The molecule has 0 spiro atoms. The molecule has 234 valence electrons. The lowest BCUT2D eigenvalue weighted by Crippen LogP contribution is -2.48. The van der Waals surface area contributed by atoms with Crippen LogP contribution in [0.3, 0.4) is 0 Å². The van der Waals surface area contributed by atoms with Gasteiger partial charge in [0.1, 0.15) is 39.5 Å². The lowest BCUT2D eigenvalue weighted by molar-refractivity contribution is -0.126. The second-order valence-corrected chi connectivity index (χ2v) is 11.3. The van der Waals surface area contributed by atoms with E-state index in [1.807, 2.05) is 4.90 Å². The minimum Gasteiger partial charge on any atom is -0.456 e. The molecule has 2 fully saturated rings. The molecule has 1 aromatic carbocycles. The van der Waals surface area contributed by atoms with Gasteiger partial charge in [0.2, 0.25) is 11.8 Å². The van der Waals surface area contributed by atoms with Gasteiger partial charge < -0.3 is 24.0 Å². The molecule has 0 bridgehead atoms. The molecule has 1 N–H and O–H groups in total. The van der Waals surface area contributed by atoms with E-state index < -0.39 is 11.9 Å². The van der Waals surface area contributed by atoms with Crippen LogP contribution in [0.15, 0.2) is 31.0 Å². The molecule has 45 heavy (non-hydrogen) atoms. The van der Waals surface area contributed by atoms with Gasteiger partial charge in [-0.25, -0.2) is 4.39 Å². The lowest BCUT2D eigenvalue weighted by atomic mass is 10.2. The number of aromatic nitrogens is 5. The molecule has 6 rings (SSSR count). The maximum Gasteiger partial charge on any atom is 0.319 e. The molecular weight excluding hydrogens is 626 g/mol. The second kappa shape index (κ2) is 13.0. The van der Waals surface area contributed by atoms with Gasteiger partial charge in [-0.2, -0.15) is 20.1 Å². The van der Waals surface area contributed by atoms with Crippen molar-refractivity contribution < 1.29 is 23.4 Å². The summed E-state index contributed by atoms with van der Waals surface area (Å²) in [6, 6.07) is 2.91. The summed E-state index contributed by atoms with van der Waals surface area (Å²) in [6.07, 6.45) is 8.19. The van der Waals surface area contributed by atoms with Gasteiger partial charge >= 0.3 is 6.01 Å². The minimum atomic E-state index is -0.706. The van der Waals surface area contributed by atoms with Crippen molar-refractivity contribution in [3.05, 3.63) is 47.0 Å². The molecule has 2 aliphatic heterocycles. The van der Waals surface area contributed by atoms with Gasteiger partial charge in [0, 0.05) is 65.4 Å². The predicted molar refractivity (Wildman–Crippen MR) is 168 cm³/mol. The number of likely N-dealkylation sites (tertiary alicyclic amines) is 1. The van der Waals surface area contributed by atoms with E-state index in [9.17, 15) is 9.18 Å². The van der Waals surface area contributed by atoms with Crippen LogP contribution in [0, 0.1) is 18.2 Å². The molecule has 3 aromatic heterocycles. The molecule has 15 heteroatoms.